The molecule has 0 unspecified atom stereocenters. The normalized spacial score (nSPS) is 14.1. The van der Waals surface area contributed by atoms with E-state index in [0.29, 0.717) is 9.90 Å². The molecule has 0 saturated carbocycles. The Hall–Kier alpha value is -2.38. The number of benzene rings is 1. The largest absolute Gasteiger partial charge is 0.352 e. The molecule has 2 aromatic heterocycles. The molecule has 0 fully saturated rings. The van der Waals surface area contributed by atoms with Crippen LogP contribution in [0.2, 0.25) is 0 Å². The number of nitrogens with one attached hydrogen (secondary N) is 1. The Morgan fingerprint density at radius 3 is 2.58 bits per heavy atom. The van der Waals surface area contributed by atoms with E-state index in [-0.39, 0.29) is 0 Å². The topological polar surface area (TPSA) is 62.3 Å². The van der Waals surface area contributed by atoms with Gasteiger partial charge in [0, 0.05) is 18.0 Å². The van der Waals surface area contributed by atoms with Gasteiger partial charge in [-0.3, -0.25) is 4.72 Å². The SMILES string of the molecule is Cc1ccc(S(=O)(=O)Nc2ccc(N3CCc4ccccc4C3)nc2)s1. The molecule has 0 amide bonds. The van der Waals surface area contributed by atoms with E-state index in [1.807, 2.05) is 13.0 Å². The van der Waals surface area contributed by atoms with Crippen molar-refractivity contribution in [3.63, 3.8) is 0 Å². The zero-order valence-electron chi connectivity index (χ0n) is 14.3. The summed E-state index contributed by atoms with van der Waals surface area (Å²) in [5.41, 5.74) is 3.18. The van der Waals surface area contributed by atoms with Crippen molar-refractivity contribution in [3.8, 4) is 0 Å². The summed E-state index contributed by atoms with van der Waals surface area (Å²) in [5, 5.41) is 0. The van der Waals surface area contributed by atoms with Gasteiger partial charge in [0.1, 0.15) is 10.0 Å². The molecule has 1 aliphatic rings. The fraction of sp³-hybridized carbons (Fsp3) is 0.211. The quantitative estimate of drug-likeness (QED) is 0.742. The Morgan fingerprint density at radius 1 is 1.08 bits per heavy atom. The molecule has 134 valence electrons. The molecule has 1 aromatic carbocycles. The van der Waals surface area contributed by atoms with Gasteiger partial charge in [-0.05, 0) is 48.7 Å². The molecule has 7 heteroatoms. The van der Waals surface area contributed by atoms with Crippen molar-refractivity contribution in [1.82, 2.24) is 4.98 Å². The number of rotatable bonds is 4. The van der Waals surface area contributed by atoms with E-state index >= 15 is 0 Å². The van der Waals surface area contributed by atoms with Crippen LogP contribution in [-0.4, -0.2) is 19.9 Å². The van der Waals surface area contributed by atoms with Gasteiger partial charge in [0.2, 0.25) is 0 Å². The van der Waals surface area contributed by atoms with Crippen molar-refractivity contribution in [2.75, 3.05) is 16.2 Å². The van der Waals surface area contributed by atoms with Crippen molar-refractivity contribution in [1.29, 1.82) is 0 Å². The average molecular weight is 386 g/mol. The molecule has 3 aromatic rings. The van der Waals surface area contributed by atoms with Crippen LogP contribution in [0.4, 0.5) is 11.5 Å². The number of nitrogens with zero attached hydrogens (tertiary/aromatic N) is 2. The number of anilines is 2. The van der Waals surface area contributed by atoms with Gasteiger partial charge in [-0.15, -0.1) is 11.3 Å². The first-order valence-corrected chi connectivity index (χ1v) is 10.7. The van der Waals surface area contributed by atoms with Gasteiger partial charge >= 0.3 is 0 Å². The minimum Gasteiger partial charge on any atom is -0.352 e. The van der Waals surface area contributed by atoms with Crippen LogP contribution in [-0.2, 0) is 23.0 Å². The average Bonchev–Trinajstić information content (AvgIpc) is 3.09. The van der Waals surface area contributed by atoms with Crippen molar-refractivity contribution < 1.29 is 8.42 Å². The van der Waals surface area contributed by atoms with E-state index in [0.717, 1.165) is 30.2 Å². The van der Waals surface area contributed by atoms with Gasteiger partial charge in [0.15, 0.2) is 0 Å². The highest BCUT2D eigenvalue weighted by Crippen LogP contribution is 2.26. The summed E-state index contributed by atoms with van der Waals surface area (Å²) in [5.74, 6) is 0.856. The second-order valence-electron chi connectivity index (χ2n) is 6.32. The minimum atomic E-state index is -3.56. The maximum Gasteiger partial charge on any atom is 0.271 e. The third kappa shape index (κ3) is 3.45. The van der Waals surface area contributed by atoms with Gasteiger partial charge in [-0.2, -0.15) is 0 Å². The summed E-state index contributed by atoms with van der Waals surface area (Å²) >= 11 is 1.25. The molecule has 26 heavy (non-hydrogen) atoms. The number of hydrogen-bond donors (Lipinski definition) is 1. The fourth-order valence-corrected chi connectivity index (χ4v) is 5.41. The molecular weight excluding hydrogens is 366 g/mol. The number of thiophene rings is 1. The number of aromatic nitrogens is 1. The lowest BCUT2D eigenvalue weighted by Gasteiger charge is -2.29. The summed E-state index contributed by atoms with van der Waals surface area (Å²) in [6.07, 6.45) is 2.57. The molecular formula is C19H19N3O2S2. The van der Waals surface area contributed by atoms with Crippen LogP contribution in [0.5, 0.6) is 0 Å². The lowest BCUT2D eigenvalue weighted by Crippen LogP contribution is -2.30. The maximum absolute atomic E-state index is 12.4. The van der Waals surface area contributed by atoms with E-state index in [1.54, 1.807) is 24.4 Å². The molecule has 4 rings (SSSR count). The van der Waals surface area contributed by atoms with Crippen LogP contribution < -0.4 is 9.62 Å². The molecule has 0 spiro atoms. The van der Waals surface area contributed by atoms with Crippen LogP contribution in [0.1, 0.15) is 16.0 Å². The maximum atomic E-state index is 12.4. The molecule has 3 heterocycles. The lowest BCUT2D eigenvalue weighted by atomic mass is 10.00. The molecule has 0 aliphatic carbocycles. The highest BCUT2D eigenvalue weighted by Gasteiger charge is 2.19. The number of aryl methyl sites for hydroxylation is 1. The Balaban J connectivity index is 1.49. The molecule has 0 bridgehead atoms. The van der Waals surface area contributed by atoms with Crippen LogP contribution in [0.3, 0.4) is 0 Å². The van der Waals surface area contributed by atoms with Crippen LogP contribution >= 0.6 is 11.3 Å². The molecule has 1 aliphatic heterocycles. The standard InChI is InChI=1S/C19H19N3O2S2/c1-14-6-9-19(25-14)26(23,24)21-17-7-8-18(20-12-17)22-11-10-15-4-2-3-5-16(15)13-22/h2-9,12,21H,10-11,13H2,1H3. The Labute approximate surface area is 157 Å². The van der Waals surface area contributed by atoms with Crippen molar-refractivity contribution in [3.05, 3.63) is 70.7 Å². The van der Waals surface area contributed by atoms with Crippen LogP contribution in [0, 0.1) is 6.92 Å². The Kier molecular flexibility index (Phi) is 4.42. The summed E-state index contributed by atoms with van der Waals surface area (Å²) < 4.78 is 27.7. The van der Waals surface area contributed by atoms with Gasteiger partial charge in [0.25, 0.3) is 10.0 Å². The Bertz CT molecular complexity index is 1030. The number of fused-ring (bicyclic) bond motifs is 1. The third-order valence-electron chi connectivity index (χ3n) is 4.44. The minimum absolute atomic E-state index is 0.312. The second-order valence-corrected chi connectivity index (χ2v) is 9.51. The molecule has 0 atom stereocenters. The van der Waals surface area contributed by atoms with Gasteiger partial charge in [-0.25, -0.2) is 13.4 Å². The zero-order valence-corrected chi connectivity index (χ0v) is 16.0. The van der Waals surface area contributed by atoms with E-state index in [4.69, 9.17) is 0 Å². The zero-order chi connectivity index (χ0) is 18.1. The number of pyridine rings is 1. The van der Waals surface area contributed by atoms with Crippen LogP contribution in [0.25, 0.3) is 0 Å². The molecule has 5 nitrogen and oxygen atoms in total. The predicted octanol–water partition coefficient (Wildman–Crippen LogP) is 3.82. The third-order valence-corrected chi connectivity index (χ3v) is 7.31. The van der Waals surface area contributed by atoms with E-state index in [2.05, 4.69) is 38.9 Å². The van der Waals surface area contributed by atoms with E-state index < -0.39 is 10.0 Å². The van der Waals surface area contributed by atoms with E-state index in [9.17, 15) is 8.42 Å². The smallest absolute Gasteiger partial charge is 0.271 e. The van der Waals surface area contributed by atoms with Crippen LogP contribution in [0.15, 0.2) is 58.9 Å². The Morgan fingerprint density at radius 2 is 1.88 bits per heavy atom. The first-order valence-electron chi connectivity index (χ1n) is 8.38. The summed E-state index contributed by atoms with van der Waals surface area (Å²) in [6, 6.07) is 15.5. The molecule has 1 N–H and O–H groups in total. The summed E-state index contributed by atoms with van der Waals surface area (Å²) in [4.78, 5) is 7.63. The molecule has 0 saturated heterocycles. The summed E-state index contributed by atoms with van der Waals surface area (Å²) in [7, 11) is -3.56. The lowest BCUT2D eigenvalue weighted by molar-refractivity contribution is 0.603. The molecule has 0 radical (unpaired) electrons. The first-order chi connectivity index (χ1) is 12.5. The first kappa shape index (κ1) is 17.1. The highest BCUT2D eigenvalue weighted by molar-refractivity contribution is 7.94. The highest BCUT2D eigenvalue weighted by atomic mass is 32.2. The number of hydrogen-bond acceptors (Lipinski definition) is 5. The van der Waals surface area contributed by atoms with E-state index in [1.165, 1.54) is 22.5 Å². The van der Waals surface area contributed by atoms with Crippen molar-refractivity contribution in [2.24, 2.45) is 0 Å². The van der Waals surface area contributed by atoms with Crippen molar-refractivity contribution in [2.45, 2.75) is 24.1 Å². The summed E-state index contributed by atoms with van der Waals surface area (Å²) in [6.45, 7) is 3.61. The second kappa shape index (κ2) is 6.74. The van der Waals surface area contributed by atoms with Gasteiger partial charge in [0.05, 0.1) is 11.9 Å². The van der Waals surface area contributed by atoms with Gasteiger partial charge < -0.3 is 4.90 Å². The monoisotopic (exact) mass is 385 g/mol. The van der Waals surface area contributed by atoms with Crippen molar-refractivity contribution >= 4 is 32.9 Å². The van der Waals surface area contributed by atoms with Gasteiger partial charge in [-0.1, -0.05) is 24.3 Å². The number of sulfonamides is 1. The predicted molar refractivity (Wildman–Crippen MR) is 105 cm³/mol. The fourth-order valence-electron chi connectivity index (χ4n) is 3.09.